The molecule has 0 saturated heterocycles. The maximum atomic E-state index is 11.9. The van der Waals surface area contributed by atoms with Crippen molar-refractivity contribution in [3.8, 4) is 5.75 Å². The summed E-state index contributed by atoms with van der Waals surface area (Å²) in [5.74, 6) is -0.105. The Bertz CT molecular complexity index is 883. The molecule has 1 heterocycles. The van der Waals surface area contributed by atoms with Crippen molar-refractivity contribution < 1.29 is 58.3 Å². The van der Waals surface area contributed by atoms with Crippen LogP contribution in [0.15, 0.2) is 53.7 Å². The van der Waals surface area contributed by atoms with Gasteiger partial charge in [-0.15, -0.1) is 0 Å². The minimum absolute atomic E-state index is 0. The number of rotatable bonds is 7. The van der Waals surface area contributed by atoms with Crippen molar-refractivity contribution in [2.24, 2.45) is 0 Å². The van der Waals surface area contributed by atoms with Crippen LogP contribution in [0.3, 0.4) is 0 Å². The predicted molar refractivity (Wildman–Crippen MR) is 84.1 cm³/mol. The maximum Gasteiger partial charge on any atom is 1.00 e. The van der Waals surface area contributed by atoms with E-state index in [1.54, 1.807) is 0 Å². The predicted octanol–water partition coefficient (Wildman–Crippen LogP) is -1.39. The Morgan fingerprint density at radius 2 is 1.96 bits per heavy atom. The number of nitrogens with one attached hydrogen (secondary N) is 1. The number of non-ortho nitro benzene ring substituents is 1. The molecule has 10 nitrogen and oxygen atoms in total. The number of nitro groups is 1. The summed E-state index contributed by atoms with van der Waals surface area (Å²) < 4.78 is 42.6. The zero-order valence-electron chi connectivity index (χ0n) is 14.0. The smallest absolute Gasteiger partial charge is 1.00 e. The minimum atomic E-state index is -4.35. The summed E-state index contributed by atoms with van der Waals surface area (Å²) in [5.41, 5.74) is -0.215. The van der Waals surface area contributed by atoms with Crippen molar-refractivity contribution in [3.05, 3.63) is 58.9 Å². The molecule has 1 aromatic heterocycles. The Labute approximate surface area is 166 Å². The number of nitrogens with zero attached hydrogens (tertiary/aromatic N) is 2. The Morgan fingerprint density at radius 3 is 2.48 bits per heavy atom. The van der Waals surface area contributed by atoms with Gasteiger partial charge in [-0.25, -0.2) is 13.0 Å². The average Bonchev–Trinajstić information content (AvgIpc) is 2.54. The van der Waals surface area contributed by atoms with Crippen LogP contribution < -0.4 is 38.8 Å². The first-order chi connectivity index (χ1) is 11.2. The van der Waals surface area contributed by atoms with E-state index in [1.807, 2.05) is 4.72 Å². The standard InChI is InChI=1S/C12H12N3O7PS.Na.H/c16-15(17)10-3-5-11(6-4-10)22-23(18,19)9-14-24(20,21)12-2-1-7-13-8-12;;/h1-8,14H,9H2,(H,18,19);;/q;+1;-1. The van der Waals surface area contributed by atoms with E-state index in [2.05, 4.69) is 4.98 Å². The molecule has 2 N–H and O–H groups in total. The van der Waals surface area contributed by atoms with E-state index >= 15 is 0 Å². The number of sulfonamides is 1. The molecule has 13 heteroatoms. The normalized spacial score (nSPS) is 13.3. The maximum absolute atomic E-state index is 11.9. The largest absolute Gasteiger partial charge is 1.00 e. The second-order valence-electron chi connectivity index (χ2n) is 4.47. The second kappa shape index (κ2) is 8.86. The fraction of sp³-hybridized carbons (Fsp3) is 0.0833. The Balaban J connectivity index is 0.00000312. The quantitative estimate of drug-likeness (QED) is 0.251. The molecular weight excluding hydrogens is 384 g/mol. The van der Waals surface area contributed by atoms with E-state index in [0.29, 0.717) is 0 Å². The third kappa shape index (κ3) is 6.48. The fourth-order valence-electron chi connectivity index (χ4n) is 1.58. The van der Waals surface area contributed by atoms with Crippen molar-refractivity contribution >= 4 is 23.3 Å². The SMILES string of the molecule is O=[N+]([O-])c1ccc(OP(=O)(O)CNS(=O)(=O)c2cccnc2)cc1.[H-].[Na+]. The van der Waals surface area contributed by atoms with Crippen molar-refractivity contribution in [2.75, 3.05) is 6.29 Å². The van der Waals surface area contributed by atoms with Gasteiger partial charge in [0.25, 0.3) is 5.69 Å². The zero-order valence-corrected chi connectivity index (χ0v) is 16.7. The first-order valence-electron chi connectivity index (χ1n) is 6.35. The van der Waals surface area contributed by atoms with Gasteiger partial charge in [0.1, 0.15) is 16.9 Å². The van der Waals surface area contributed by atoms with Gasteiger partial charge < -0.3 is 10.8 Å². The molecule has 0 saturated carbocycles. The zero-order chi connectivity index (χ0) is 17.8. The Morgan fingerprint density at radius 1 is 1.32 bits per heavy atom. The van der Waals surface area contributed by atoms with Crippen LogP contribution in [0.4, 0.5) is 5.69 Å². The summed E-state index contributed by atoms with van der Waals surface area (Å²) >= 11 is 0. The molecule has 0 aliphatic heterocycles. The number of hydrogen-bond acceptors (Lipinski definition) is 7. The van der Waals surface area contributed by atoms with E-state index in [0.717, 1.165) is 30.5 Å². The summed E-state index contributed by atoms with van der Waals surface area (Å²) in [5, 5.41) is 10.5. The van der Waals surface area contributed by atoms with Gasteiger partial charge in [0.2, 0.25) is 10.0 Å². The monoisotopic (exact) mass is 397 g/mol. The van der Waals surface area contributed by atoms with Crippen LogP contribution in [0.2, 0.25) is 0 Å². The van der Waals surface area contributed by atoms with Crippen molar-refractivity contribution in [1.29, 1.82) is 0 Å². The molecule has 1 atom stereocenters. The molecule has 0 fully saturated rings. The van der Waals surface area contributed by atoms with Crippen LogP contribution in [-0.4, -0.2) is 29.5 Å². The summed E-state index contributed by atoms with van der Waals surface area (Å²) in [7, 11) is -8.37. The fourth-order valence-corrected chi connectivity index (χ4v) is 4.05. The van der Waals surface area contributed by atoms with Crippen molar-refractivity contribution in [3.63, 3.8) is 0 Å². The number of nitro benzene ring substituents is 1. The van der Waals surface area contributed by atoms with Gasteiger partial charge in [0.05, 0.1) is 4.92 Å². The number of benzene rings is 1. The summed E-state index contributed by atoms with van der Waals surface area (Å²) in [6.07, 6.45) is 1.59. The van der Waals surface area contributed by atoms with E-state index in [1.165, 1.54) is 18.3 Å². The molecule has 0 aliphatic carbocycles. The summed E-state index contributed by atoms with van der Waals surface area (Å²) in [6, 6.07) is 7.13. The van der Waals surface area contributed by atoms with Gasteiger partial charge in [-0.3, -0.25) is 15.1 Å². The van der Waals surface area contributed by atoms with Crippen LogP contribution in [0.25, 0.3) is 0 Å². The topological polar surface area (TPSA) is 149 Å². The molecule has 2 aromatic rings. The molecule has 0 amide bonds. The first-order valence-corrected chi connectivity index (χ1v) is 9.60. The number of pyridine rings is 1. The molecule has 1 aromatic carbocycles. The van der Waals surface area contributed by atoms with Crippen molar-refractivity contribution in [1.82, 2.24) is 9.71 Å². The van der Waals surface area contributed by atoms with Crippen LogP contribution in [0.5, 0.6) is 5.75 Å². The molecule has 0 aliphatic rings. The van der Waals surface area contributed by atoms with Gasteiger partial charge in [0.15, 0.2) is 0 Å². The van der Waals surface area contributed by atoms with E-state index in [4.69, 9.17) is 4.52 Å². The van der Waals surface area contributed by atoms with Crippen LogP contribution >= 0.6 is 7.60 Å². The Kier molecular flexibility index (Phi) is 7.69. The average molecular weight is 397 g/mol. The van der Waals surface area contributed by atoms with Gasteiger partial charge in [-0.1, -0.05) is 0 Å². The van der Waals surface area contributed by atoms with Gasteiger partial charge in [-0.2, -0.15) is 4.72 Å². The molecular formula is C12H13N3NaO7PS. The third-order valence-corrected chi connectivity index (χ3v) is 5.35. The minimum Gasteiger partial charge on any atom is -1.00 e. The van der Waals surface area contributed by atoms with Crippen LogP contribution in [-0.2, 0) is 14.6 Å². The molecule has 1 unspecified atom stereocenters. The molecule has 130 valence electrons. The summed E-state index contributed by atoms with van der Waals surface area (Å²) in [6.45, 7) is 0. The van der Waals surface area contributed by atoms with Gasteiger partial charge in [0, 0.05) is 24.5 Å². The molecule has 0 radical (unpaired) electrons. The first kappa shape index (κ1) is 21.7. The number of aromatic nitrogens is 1. The van der Waals surface area contributed by atoms with Gasteiger partial charge >= 0.3 is 37.2 Å². The van der Waals surface area contributed by atoms with Crippen LogP contribution in [0, 0.1) is 10.1 Å². The van der Waals surface area contributed by atoms with E-state index in [-0.39, 0.29) is 47.3 Å². The van der Waals surface area contributed by atoms with E-state index in [9.17, 15) is 28.0 Å². The van der Waals surface area contributed by atoms with E-state index < -0.39 is 28.8 Å². The third-order valence-electron chi connectivity index (χ3n) is 2.69. The molecule has 2 rings (SSSR count). The van der Waals surface area contributed by atoms with Gasteiger partial charge in [-0.05, 0) is 24.3 Å². The van der Waals surface area contributed by atoms with Crippen LogP contribution in [0.1, 0.15) is 1.43 Å². The van der Waals surface area contributed by atoms with Crippen molar-refractivity contribution in [2.45, 2.75) is 4.90 Å². The summed E-state index contributed by atoms with van der Waals surface area (Å²) in [4.78, 5) is 23.1. The number of hydrogen-bond donors (Lipinski definition) is 2. The molecule has 0 spiro atoms. The second-order valence-corrected chi connectivity index (χ2v) is 8.02. The molecule has 25 heavy (non-hydrogen) atoms. The Hall–Kier alpha value is -1.33. The molecule has 0 bridgehead atoms.